The molecule has 8 heteroatoms. The van der Waals surface area contributed by atoms with E-state index >= 15 is 0 Å². The lowest BCUT2D eigenvalue weighted by Gasteiger charge is -2.13. The summed E-state index contributed by atoms with van der Waals surface area (Å²) < 4.78 is 5.02. The standard InChI is InChI=1S/C20H21N5O3/c1-14(2)16-10-6-7-11-17(16)21-18(26)13-28-19(27)12-25-23-20(22-24-25)15-8-4-3-5-9-15/h3-11,14H,12-13H2,1-2H3,(H,21,26). The lowest BCUT2D eigenvalue weighted by atomic mass is 10.0. The van der Waals surface area contributed by atoms with Gasteiger partial charge in [0.1, 0.15) is 0 Å². The van der Waals surface area contributed by atoms with E-state index in [1.807, 2.05) is 68.4 Å². The van der Waals surface area contributed by atoms with Crippen LogP contribution in [0.25, 0.3) is 11.4 Å². The lowest BCUT2D eigenvalue weighted by molar-refractivity contribution is -0.148. The molecule has 0 unspecified atom stereocenters. The molecule has 0 radical (unpaired) electrons. The van der Waals surface area contributed by atoms with Crippen LogP contribution >= 0.6 is 0 Å². The third-order valence-electron chi connectivity index (χ3n) is 3.98. The number of nitrogens with zero attached hydrogens (tertiary/aromatic N) is 4. The zero-order valence-corrected chi connectivity index (χ0v) is 15.7. The molecule has 2 aromatic carbocycles. The number of aromatic nitrogens is 4. The number of anilines is 1. The molecule has 0 saturated heterocycles. The van der Waals surface area contributed by atoms with Gasteiger partial charge in [-0.05, 0) is 22.8 Å². The smallest absolute Gasteiger partial charge is 0.330 e. The normalized spacial score (nSPS) is 10.7. The Labute approximate surface area is 162 Å². The number of hydrogen-bond acceptors (Lipinski definition) is 6. The highest BCUT2D eigenvalue weighted by molar-refractivity contribution is 5.93. The highest BCUT2D eigenvalue weighted by Crippen LogP contribution is 2.23. The molecular formula is C20H21N5O3. The number of para-hydroxylation sites is 1. The van der Waals surface area contributed by atoms with Gasteiger partial charge in [0, 0.05) is 11.3 Å². The molecule has 0 atom stereocenters. The van der Waals surface area contributed by atoms with Crippen LogP contribution in [0.4, 0.5) is 5.69 Å². The van der Waals surface area contributed by atoms with E-state index in [0.29, 0.717) is 11.5 Å². The first-order valence-electron chi connectivity index (χ1n) is 8.90. The van der Waals surface area contributed by atoms with Gasteiger partial charge >= 0.3 is 5.97 Å². The van der Waals surface area contributed by atoms with Crippen molar-refractivity contribution in [1.82, 2.24) is 20.2 Å². The number of carbonyl (C=O) groups is 2. The number of tetrazole rings is 1. The van der Waals surface area contributed by atoms with Crippen LogP contribution in [0.1, 0.15) is 25.3 Å². The third kappa shape index (κ3) is 5.00. The number of rotatable bonds is 7. The van der Waals surface area contributed by atoms with Gasteiger partial charge in [-0.15, -0.1) is 10.2 Å². The monoisotopic (exact) mass is 379 g/mol. The van der Waals surface area contributed by atoms with Crippen molar-refractivity contribution < 1.29 is 14.3 Å². The van der Waals surface area contributed by atoms with Gasteiger partial charge < -0.3 is 10.1 Å². The molecule has 0 spiro atoms. The molecule has 0 aliphatic carbocycles. The van der Waals surface area contributed by atoms with Gasteiger partial charge in [0.05, 0.1) is 0 Å². The van der Waals surface area contributed by atoms with Crippen LogP contribution in [0, 0.1) is 0 Å². The Morgan fingerprint density at radius 3 is 2.54 bits per heavy atom. The van der Waals surface area contributed by atoms with Crippen molar-refractivity contribution in [2.45, 2.75) is 26.3 Å². The summed E-state index contributed by atoms with van der Waals surface area (Å²) in [5.41, 5.74) is 2.52. The van der Waals surface area contributed by atoms with Gasteiger partial charge in [-0.3, -0.25) is 4.79 Å². The number of benzene rings is 2. The van der Waals surface area contributed by atoms with Crippen molar-refractivity contribution in [3.05, 3.63) is 60.2 Å². The van der Waals surface area contributed by atoms with Gasteiger partial charge in [0.15, 0.2) is 13.2 Å². The van der Waals surface area contributed by atoms with Crippen LogP contribution in [0.2, 0.25) is 0 Å². The second-order valence-corrected chi connectivity index (χ2v) is 6.46. The van der Waals surface area contributed by atoms with E-state index in [9.17, 15) is 9.59 Å². The summed E-state index contributed by atoms with van der Waals surface area (Å²) in [5, 5.41) is 14.7. The predicted molar refractivity (Wildman–Crippen MR) is 103 cm³/mol. The fourth-order valence-corrected chi connectivity index (χ4v) is 2.62. The Kier molecular flexibility index (Phi) is 6.11. The molecule has 3 aromatic rings. The van der Waals surface area contributed by atoms with E-state index in [4.69, 9.17) is 4.74 Å². The molecule has 1 aromatic heterocycles. The van der Waals surface area contributed by atoms with Crippen molar-refractivity contribution >= 4 is 17.6 Å². The second kappa shape index (κ2) is 8.90. The summed E-state index contributed by atoms with van der Waals surface area (Å²) in [6, 6.07) is 16.8. The molecule has 0 aliphatic heterocycles. The molecule has 0 aliphatic rings. The Balaban J connectivity index is 1.51. The molecule has 28 heavy (non-hydrogen) atoms. The second-order valence-electron chi connectivity index (χ2n) is 6.46. The van der Waals surface area contributed by atoms with E-state index in [-0.39, 0.29) is 19.1 Å². The quantitative estimate of drug-likeness (QED) is 0.634. The Bertz CT molecular complexity index is 953. The van der Waals surface area contributed by atoms with Gasteiger partial charge in [-0.2, -0.15) is 4.80 Å². The van der Waals surface area contributed by atoms with Gasteiger partial charge in [-0.25, -0.2) is 4.79 Å². The summed E-state index contributed by atoms with van der Waals surface area (Å²) in [7, 11) is 0. The van der Waals surface area contributed by atoms with Gasteiger partial charge in [0.2, 0.25) is 5.82 Å². The molecule has 1 amide bonds. The Hall–Kier alpha value is -3.55. The molecule has 1 heterocycles. The minimum Gasteiger partial charge on any atom is -0.454 e. The van der Waals surface area contributed by atoms with Crippen LogP contribution in [-0.4, -0.2) is 38.7 Å². The Morgan fingerprint density at radius 1 is 1.07 bits per heavy atom. The van der Waals surface area contributed by atoms with Crippen LogP contribution in [0.3, 0.4) is 0 Å². The molecule has 8 nitrogen and oxygen atoms in total. The van der Waals surface area contributed by atoms with E-state index in [1.54, 1.807) is 0 Å². The molecular weight excluding hydrogens is 358 g/mol. The lowest BCUT2D eigenvalue weighted by Crippen LogP contribution is -2.24. The maximum atomic E-state index is 12.1. The van der Waals surface area contributed by atoms with E-state index < -0.39 is 11.9 Å². The van der Waals surface area contributed by atoms with Crippen molar-refractivity contribution in [3.63, 3.8) is 0 Å². The van der Waals surface area contributed by atoms with Crippen LogP contribution in [-0.2, 0) is 20.9 Å². The molecule has 3 rings (SSSR count). The van der Waals surface area contributed by atoms with E-state index in [0.717, 1.165) is 15.9 Å². The predicted octanol–water partition coefficient (Wildman–Crippen LogP) is 2.65. The molecule has 144 valence electrons. The summed E-state index contributed by atoms with van der Waals surface area (Å²) in [5.74, 6) is -0.352. The highest BCUT2D eigenvalue weighted by Gasteiger charge is 2.13. The zero-order chi connectivity index (χ0) is 19.9. The SMILES string of the molecule is CC(C)c1ccccc1NC(=O)COC(=O)Cn1nnc(-c2ccccc2)n1. The zero-order valence-electron chi connectivity index (χ0n) is 15.7. The van der Waals surface area contributed by atoms with E-state index in [1.165, 1.54) is 0 Å². The van der Waals surface area contributed by atoms with Crippen molar-refractivity contribution in [1.29, 1.82) is 0 Å². The van der Waals surface area contributed by atoms with Crippen molar-refractivity contribution in [2.24, 2.45) is 0 Å². The van der Waals surface area contributed by atoms with Crippen molar-refractivity contribution in [2.75, 3.05) is 11.9 Å². The van der Waals surface area contributed by atoms with Gasteiger partial charge in [0.25, 0.3) is 5.91 Å². The fourth-order valence-electron chi connectivity index (χ4n) is 2.62. The summed E-state index contributed by atoms with van der Waals surface area (Å²) >= 11 is 0. The largest absolute Gasteiger partial charge is 0.454 e. The van der Waals surface area contributed by atoms with Crippen molar-refractivity contribution in [3.8, 4) is 11.4 Å². The maximum absolute atomic E-state index is 12.1. The number of nitrogens with one attached hydrogen (secondary N) is 1. The molecule has 0 fully saturated rings. The first-order chi connectivity index (χ1) is 13.5. The van der Waals surface area contributed by atoms with Gasteiger partial charge in [-0.1, -0.05) is 62.4 Å². The molecule has 0 bridgehead atoms. The van der Waals surface area contributed by atoms with Crippen LogP contribution in [0.5, 0.6) is 0 Å². The summed E-state index contributed by atoms with van der Waals surface area (Å²) in [6.45, 7) is 3.47. The molecule has 0 saturated carbocycles. The third-order valence-corrected chi connectivity index (χ3v) is 3.98. The number of hydrogen-bond donors (Lipinski definition) is 1. The number of carbonyl (C=O) groups excluding carboxylic acids is 2. The average molecular weight is 379 g/mol. The number of ether oxygens (including phenoxy) is 1. The fraction of sp³-hybridized carbons (Fsp3) is 0.250. The number of esters is 1. The van der Waals surface area contributed by atoms with Crippen LogP contribution in [0.15, 0.2) is 54.6 Å². The Morgan fingerprint density at radius 2 is 1.79 bits per heavy atom. The minimum atomic E-state index is -0.621. The van der Waals surface area contributed by atoms with Crippen LogP contribution < -0.4 is 5.32 Å². The highest BCUT2D eigenvalue weighted by atomic mass is 16.5. The first kappa shape index (κ1) is 19.2. The topological polar surface area (TPSA) is 99.0 Å². The number of amides is 1. The molecule has 1 N–H and O–H groups in total. The maximum Gasteiger partial charge on any atom is 0.330 e. The summed E-state index contributed by atoms with van der Waals surface area (Å²) in [6.07, 6.45) is 0. The summed E-state index contributed by atoms with van der Waals surface area (Å²) in [4.78, 5) is 25.2. The van der Waals surface area contributed by atoms with E-state index in [2.05, 4.69) is 20.7 Å². The average Bonchev–Trinajstić information content (AvgIpc) is 3.16. The minimum absolute atomic E-state index is 0.226. The first-order valence-corrected chi connectivity index (χ1v) is 8.90.